The Morgan fingerprint density at radius 1 is 0.656 bits per heavy atom. The van der Waals surface area contributed by atoms with Gasteiger partial charge >= 0.3 is 0 Å². The lowest BCUT2D eigenvalue weighted by molar-refractivity contribution is 0.666. The van der Waals surface area contributed by atoms with Gasteiger partial charge in [-0.3, -0.25) is 0 Å². The molecule has 0 saturated heterocycles. The van der Waals surface area contributed by atoms with Crippen molar-refractivity contribution in [3.8, 4) is 33.9 Å². The molecule has 0 amide bonds. The van der Waals surface area contributed by atoms with Gasteiger partial charge in [-0.15, -0.1) is 0 Å². The van der Waals surface area contributed by atoms with E-state index in [2.05, 4.69) is 78.4 Å². The lowest BCUT2D eigenvalue weighted by Gasteiger charge is -2.23. The van der Waals surface area contributed by atoms with Crippen LogP contribution in [0.5, 0.6) is 0 Å². The summed E-state index contributed by atoms with van der Waals surface area (Å²) in [6.07, 6.45) is 0. The second-order valence-electron chi connectivity index (χ2n) is 8.71. The summed E-state index contributed by atoms with van der Waals surface area (Å²) in [7, 11) is 0. The zero-order valence-corrected chi connectivity index (χ0v) is 18.6. The van der Waals surface area contributed by atoms with Crippen molar-refractivity contribution in [1.29, 1.82) is 0 Å². The lowest BCUT2D eigenvalue weighted by atomic mass is 9.80. The topological polar surface area (TPSA) is 38.7 Å². The number of aromatic nitrogens is 3. The van der Waals surface area contributed by atoms with Gasteiger partial charge in [0.05, 0.1) is 0 Å². The predicted octanol–water partition coefficient (Wildman–Crippen LogP) is 7.32. The molecule has 1 aliphatic rings. The van der Waals surface area contributed by atoms with Crippen molar-refractivity contribution < 1.29 is 0 Å². The van der Waals surface area contributed by atoms with E-state index in [4.69, 9.17) is 16.6 Å². The lowest BCUT2D eigenvalue weighted by Crippen LogP contribution is -2.15. The number of hydrogen-bond acceptors (Lipinski definition) is 3. The number of halogens is 1. The van der Waals surface area contributed by atoms with Gasteiger partial charge in [0.25, 0.3) is 0 Å². The summed E-state index contributed by atoms with van der Waals surface area (Å²) in [5.41, 5.74) is 6.94. The van der Waals surface area contributed by atoms with E-state index in [0.717, 1.165) is 11.1 Å². The molecule has 1 aliphatic carbocycles. The first-order chi connectivity index (χ1) is 15.5. The fourth-order valence-corrected chi connectivity index (χ4v) is 5.09. The maximum atomic E-state index is 6.30. The Hall–Kier alpha value is -3.56. The van der Waals surface area contributed by atoms with E-state index in [9.17, 15) is 0 Å². The largest absolute Gasteiger partial charge is 0.226 e. The molecule has 5 aromatic rings. The molecule has 0 N–H and O–H groups in total. The van der Waals surface area contributed by atoms with Crippen molar-refractivity contribution in [2.24, 2.45) is 0 Å². The smallest absolute Gasteiger partial charge is 0.208 e. The molecule has 0 spiro atoms. The van der Waals surface area contributed by atoms with E-state index in [-0.39, 0.29) is 10.7 Å². The molecule has 3 nitrogen and oxygen atoms in total. The van der Waals surface area contributed by atoms with Crippen molar-refractivity contribution >= 4 is 22.4 Å². The fraction of sp³-hybridized carbons (Fsp3) is 0.107. The van der Waals surface area contributed by atoms with Gasteiger partial charge in [0.1, 0.15) is 0 Å². The molecule has 154 valence electrons. The van der Waals surface area contributed by atoms with Crippen LogP contribution in [-0.4, -0.2) is 15.0 Å². The zero-order valence-electron chi connectivity index (χ0n) is 17.8. The summed E-state index contributed by atoms with van der Waals surface area (Å²) in [6.45, 7) is 4.59. The Labute approximate surface area is 191 Å². The minimum atomic E-state index is -0.138. The highest BCUT2D eigenvalue weighted by Crippen LogP contribution is 2.51. The van der Waals surface area contributed by atoms with E-state index < -0.39 is 0 Å². The standard InChI is InChI=1S/C28H20ClN3/c1-28(2)23-16-19(26-30-25(31-27(29)32-26)18-9-4-3-5-10-18)13-14-21(23)22-15-12-17-8-6-7-11-20(17)24(22)28/h3-16H,1-2H3. The molecule has 1 aromatic heterocycles. The van der Waals surface area contributed by atoms with Crippen LogP contribution in [-0.2, 0) is 5.41 Å². The maximum absolute atomic E-state index is 6.30. The summed E-state index contributed by atoms with van der Waals surface area (Å²) in [6, 6.07) is 29.4. The quantitative estimate of drug-likeness (QED) is 0.292. The molecule has 0 saturated carbocycles. The number of benzene rings is 4. The van der Waals surface area contributed by atoms with E-state index in [1.165, 1.54) is 33.0 Å². The number of hydrogen-bond donors (Lipinski definition) is 0. The van der Waals surface area contributed by atoms with Gasteiger partial charge in [-0.25, -0.2) is 4.98 Å². The van der Waals surface area contributed by atoms with Crippen LogP contribution in [0.25, 0.3) is 44.7 Å². The first kappa shape index (κ1) is 19.1. The third-order valence-corrected chi connectivity index (χ3v) is 6.60. The van der Waals surface area contributed by atoms with Gasteiger partial charge in [-0.05, 0) is 50.7 Å². The third-order valence-electron chi connectivity index (χ3n) is 6.44. The Kier molecular flexibility index (Phi) is 4.17. The summed E-state index contributed by atoms with van der Waals surface area (Å²) in [5.74, 6) is 1.16. The Balaban J connectivity index is 1.52. The van der Waals surface area contributed by atoms with Gasteiger partial charge in [-0.2, -0.15) is 9.97 Å². The normalized spacial score (nSPS) is 13.7. The molecule has 6 rings (SSSR count). The van der Waals surface area contributed by atoms with Crippen LogP contribution in [0.15, 0.2) is 84.9 Å². The average Bonchev–Trinajstić information content (AvgIpc) is 3.06. The summed E-state index contributed by atoms with van der Waals surface area (Å²) in [5, 5.41) is 2.77. The van der Waals surface area contributed by atoms with Crippen LogP contribution in [0, 0.1) is 0 Å². The molecule has 0 unspecified atom stereocenters. The highest BCUT2D eigenvalue weighted by atomic mass is 35.5. The second-order valence-corrected chi connectivity index (χ2v) is 9.05. The van der Waals surface area contributed by atoms with E-state index >= 15 is 0 Å². The molecule has 1 heterocycles. The molecule has 4 heteroatoms. The molecule has 0 radical (unpaired) electrons. The van der Waals surface area contributed by atoms with Crippen LogP contribution >= 0.6 is 11.6 Å². The van der Waals surface area contributed by atoms with Crippen LogP contribution in [0.2, 0.25) is 5.28 Å². The average molecular weight is 434 g/mol. The second kappa shape index (κ2) is 6.98. The highest BCUT2D eigenvalue weighted by molar-refractivity contribution is 6.28. The molecular formula is C28H20ClN3. The monoisotopic (exact) mass is 433 g/mol. The van der Waals surface area contributed by atoms with Gasteiger partial charge in [0, 0.05) is 16.5 Å². The molecule has 4 aromatic carbocycles. The number of rotatable bonds is 2. The molecule has 32 heavy (non-hydrogen) atoms. The Bertz CT molecular complexity index is 1510. The number of nitrogens with zero attached hydrogens (tertiary/aromatic N) is 3. The molecule has 0 atom stereocenters. The maximum Gasteiger partial charge on any atom is 0.226 e. The Morgan fingerprint density at radius 3 is 2.16 bits per heavy atom. The van der Waals surface area contributed by atoms with Gasteiger partial charge in [0.2, 0.25) is 5.28 Å². The van der Waals surface area contributed by atoms with E-state index in [0.29, 0.717) is 11.6 Å². The molecule has 0 fully saturated rings. The van der Waals surface area contributed by atoms with Crippen LogP contribution in [0.3, 0.4) is 0 Å². The van der Waals surface area contributed by atoms with E-state index in [1.54, 1.807) is 0 Å². The van der Waals surface area contributed by atoms with Gasteiger partial charge in [0.15, 0.2) is 11.6 Å². The van der Waals surface area contributed by atoms with Gasteiger partial charge in [-0.1, -0.05) is 92.7 Å². The first-order valence-corrected chi connectivity index (χ1v) is 11.0. The summed E-state index contributed by atoms with van der Waals surface area (Å²) >= 11 is 6.30. The van der Waals surface area contributed by atoms with Crippen molar-refractivity contribution in [2.75, 3.05) is 0 Å². The van der Waals surface area contributed by atoms with E-state index in [1.807, 2.05) is 30.3 Å². The first-order valence-electron chi connectivity index (χ1n) is 10.7. The molecular weight excluding hydrogens is 414 g/mol. The SMILES string of the molecule is CC1(C)c2cc(-c3nc(Cl)nc(-c4ccccc4)n3)ccc2-c2ccc3ccccc3c21. The zero-order chi connectivity index (χ0) is 21.9. The predicted molar refractivity (Wildman–Crippen MR) is 131 cm³/mol. The van der Waals surface area contributed by atoms with Crippen molar-refractivity contribution in [3.05, 3.63) is 101 Å². The van der Waals surface area contributed by atoms with Crippen LogP contribution in [0.4, 0.5) is 0 Å². The number of fused-ring (bicyclic) bond motifs is 5. The van der Waals surface area contributed by atoms with Crippen LogP contribution in [0.1, 0.15) is 25.0 Å². The Morgan fingerprint density at radius 2 is 1.34 bits per heavy atom. The van der Waals surface area contributed by atoms with Crippen molar-refractivity contribution in [3.63, 3.8) is 0 Å². The fourth-order valence-electron chi connectivity index (χ4n) is 4.93. The highest BCUT2D eigenvalue weighted by Gasteiger charge is 2.37. The summed E-state index contributed by atoms with van der Waals surface area (Å²) in [4.78, 5) is 13.5. The van der Waals surface area contributed by atoms with Gasteiger partial charge < -0.3 is 0 Å². The molecule has 0 aliphatic heterocycles. The third kappa shape index (κ3) is 2.85. The minimum Gasteiger partial charge on any atom is -0.208 e. The van der Waals surface area contributed by atoms with Crippen molar-refractivity contribution in [2.45, 2.75) is 19.3 Å². The molecule has 0 bridgehead atoms. The van der Waals surface area contributed by atoms with Crippen LogP contribution < -0.4 is 0 Å². The minimum absolute atomic E-state index is 0.138. The van der Waals surface area contributed by atoms with Crippen molar-refractivity contribution in [1.82, 2.24) is 15.0 Å². The summed E-state index contributed by atoms with van der Waals surface area (Å²) < 4.78 is 0.